The Kier molecular flexibility index (Phi) is 8.79. The van der Waals surface area contributed by atoms with Crippen LogP contribution < -0.4 is 10.6 Å². The molecule has 1 rings (SSSR count). The summed E-state index contributed by atoms with van der Waals surface area (Å²) in [5.74, 6) is 2.72. The Morgan fingerprint density at radius 1 is 1.00 bits per heavy atom. The maximum Gasteiger partial charge on any atom is 0.134 e. The van der Waals surface area contributed by atoms with Gasteiger partial charge in [-0.3, -0.25) is 0 Å². The highest BCUT2D eigenvalue weighted by Gasteiger charge is 2.11. The fourth-order valence-electron chi connectivity index (χ4n) is 2.48. The summed E-state index contributed by atoms with van der Waals surface area (Å²) in [5, 5.41) is 6.95. The Morgan fingerprint density at radius 3 is 2.29 bits per heavy atom. The molecule has 0 aliphatic heterocycles. The summed E-state index contributed by atoms with van der Waals surface area (Å²) in [5.41, 5.74) is 1.20. The van der Waals surface area contributed by atoms with E-state index >= 15 is 0 Å². The van der Waals surface area contributed by atoms with Crippen molar-refractivity contribution in [3.05, 3.63) is 11.9 Å². The molecular weight excluding hydrogens is 260 g/mol. The van der Waals surface area contributed by atoms with Gasteiger partial charge in [0.15, 0.2) is 0 Å². The van der Waals surface area contributed by atoms with Crippen molar-refractivity contribution in [3.63, 3.8) is 0 Å². The molecule has 4 heteroatoms. The number of hydrogen-bond acceptors (Lipinski definition) is 4. The molecule has 21 heavy (non-hydrogen) atoms. The van der Waals surface area contributed by atoms with Crippen LogP contribution in [0.25, 0.3) is 0 Å². The zero-order valence-electron chi connectivity index (χ0n) is 14.2. The summed E-state index contributed by atoms with van der Waals surface area (Å²) in [6, 6.07) is 0. The van der Waals surface area contributed by atoms with E-state index in [9.17, 15) is 0 Å². The number of aromatic nitrogens is 2. The first-order valence-corrected chi connectivity index (χ1v) is 8.58. The Labute approximate surface area is 130 Å². The average molecular weight is 292 g/mol. The highest BCUT2D eigenvalue weighted by Crippen LogP contribution is 2.21. The van der Waals surface area contributed by atoms with Crippen LogP contribution in [0, 0.1) is 5.92 Å². The SMILES string of the molecule is CCCCC(CC)CNc1ncnc(NCCC)c1CC. The van der Waals surface area contributed by atoms with Crippen LogP contribution in [0.1, 0.15) is 65.4 Å². The molecule has 0 spiro atoms. The zero-order valence-corrected chi connectivity index (χ0v) is 14.2. The van der Waals surface area contributed by atoms with Crippen molar-refractivity contribution >= 4 is 11.6 Å². The minimum absolute atomic E-state index is 0.733. The van der Waals surface area contributed by atoms with Crippen molar-refractivity contribution in [2.45, 2.75) is 66.2 Å². The molecule has 0 radical (unpaired) electrons. The van der Waals surface area contributed by atoms with Gasteiger partial charge in [0.2, 0.25) is 0 Å². The molecule has 0 saturated carbocycles. The molecular formula is C17H32N4. The van der Waals surface area contributed by atoms with Gasteiger partial charge in [0, 0.05) is 18.7 Å². The molecule has 1 aromatic rings. The summed E-state index contributed by atoms with van der Waals surface area (Å²) in [6.45, 7) is 10.8. The Hall–Kier alpha value is -1.32. The second kappa shape index (κ2) is 10.4. The lowest BCUT2D eigenvalue weighted by Gasteiger charge is -2.18. The van der Waals surface area contributed by atoms with Crippen molar-refractivity contribution < 1.29 is 0 Å². The van der Waals surface area contributed by atoms with Gasteiger partial charge in [-0.05, 0) is 25.2 Å². The standard InChI is InChI=1S/C17H32N4/c1-5-9-10-14(7-3)12-19-17-15(8-4)16(18-11-6-2)20-13-21-17/h13-14H,5-12H2,1-4H3,(H2,18,19,20,21). The minimum atomic E-state index is 0.733. The van der Waals surface area contributed by atoms with Crippen LogP contribution in [0.4, 0.5) is 11.6 Å². The predicted molar refractivity (Wildman–Crippen MR) is 92.0 cm³/mol. The summed E-state index contributed by atoms with van der Waals surface area (Å²) in [7, 11) is 0. The zero-order chi connectivity index (χ0) is 15.5. The number of nitrogens with zero attached hydrogens (tertiary/aromatic N) is 2. The molecule has 1 unspecified atom stereocenters. The smallest absolute Gasteiger partial charge is 0.134 e. The third-order valence-electron chi connectivity index (χ3n) is 3.94. The maximum atomic E-state index is 4.44. The third-order valence-corrected chi connectivity index (χ3v) is 3.94. The van der Waals surface area contributed by atoms with Crippen LogP contribution in [0.3, 0.4) is 0 Å². The quantitative estimate of drug-likeness (QED) is 0.631. The molecule has 0 amide bonds. The fourth-order valence-corrected chi connectivity index (χ4v) is 2.48. The minimum Gasteiger partial charge on any atom is -0.370 e. The molecule has 2 N–H and O–H groups in total. The maximum absolute atomic E-state index is 4.44. The Bertz CT molecular complexity index is 392. The number of rotatable bonds is 11. The molecule has 0 saturated heterocycles. The van der Waals surface area contributed by atoms with E-state index in [1.807, 2.05) is 0 Å². The second-order valence-electron chi connectivity index (χ2n) is 5.63. The van der Waals surface area contributed by atoms with Crippen LogP contribution in [0.15, 0.2) is 6.33 Å². The third kappa shape index (κ3) is 5.90. The van der Waals surface area contributed by atoms with Gasteiger partial charge >= 0.3 is 0 Å². The van der Waals surface area contributed by atoms with Gasteiger partial charge in [0.25, 0.3) is 0 Å². The highest BCUT2D eigenvalue weighted by atomic mass is 15.1. The normalized spacial score (nSPS) is 12.2. The van der Waals surface area contributed by atoms with E-state index in [1.165, 1.54) is 31.2 Å². The van der Waals surface area contributed by atoms with Crippen molar-refractivity contribution in [2.75, 3.05) is 23.7 Å². The summed E-state index contributed by atoms with van der Waals surface area (Å²) in [6.07, 6.45) is 8.81. The number of unbranched alkanes of at least 4 members (excludes halogenated alkanes) is 1. The van der Waals surface area contributed by atoms with E-state index in [-0.39, 0.29) is 0 Å². The lowest BCUT2D eigenvalue weighted by Crippen LogP contribution is -2.17. The Balaban J connectivity index is 2.68. The van der Waals surface area contributed by atoms with Crippen molar-refractivity contribution in [1.29, 1.82) is 0 Å². The summed E-state index contributed by atoms with van der Waals surface area (Å²) in [4.78, 5) is 8.82. The molecule has 0 aromatic carbocycles. The first kappa shape index (κ1) is 17.7. The predicted octanol–water partition coefficient (Wildman–Crippen LogP) is 4.49. The molecule has 0 fully saturated rings. The van der Waals surface area contributed by atoms with E-state index in [2.05, 4.69) is 48.3 Å². The number of nitrogens with one attached hydrogen (secondary N) is 2. The molecule has 0 bridgehead atoms. The molecule has 1 atom stereocenters. The van der Waals surface area contributed by atoms with Crippen LogP contribution in [0.2, 0.25) is 0 Å². The molecule has 1 aromatic heterocycles. The first-order valence-electron chi connectivity index (χ1n) is 8.58. The van der Waals surface area contributed by atoms with E-state index in [0.717, 1.165) is 43.5 Å². The van der Waals surface area contributed by atoms with E-state index in [4.69, 9.17) is 0 Å². The molecule has 0 aliphatic rings. The van der Waals surface area contributed by atoms with Crippen molar-refractivity contribution in [3.8, 4) is 0 Å². The van der Waals surface area contributed by atoms with Gasteiger partial charge in [0.1, 0.15) is 18.0 Å². The molecule has 0 aliphatic carbocycles. The topological polar surface area (TPSA) is 49.8 Å². The number of anilines is 2. The van der Waals surface area contributed by atoms with Gasteiger partial charge in [-0.1, -0.05) is 47.0 Å². The summed E-state index contributed by atoms with van der Waals surface area (Å²) < 4.78 is 0. The van der Waals surface area contributed by atoms with Crippen LogP contribution in [0.5, 0.6) is 0 Å². The monoisotopic (exact) mass is 292 g/mol. The average Bonchev–Trinajstić information content (AvgIpc) is 2.53. The van der Waals surface area contributed by atoms with Crippen molar-refractivity contribution in [2.24, 2.45) is 5.92 Å². The van der Waals surface area contributed by atoms with E-state index in [0.29, 0.717) is 0 Å². The first-order chi connectivity index (χ1) is 10.3. The molecule has 1 heterocycles. The lowest BCUT2D eigenvalue weighted by atomic mass is 9.99. The largest absolute Gasteiger partial charge is 0.370 e. The molecule has 120 valence electrons. The van der Waals surface area contributed by atoms with Crippen LogP contribution in [-0.2, 0) is 6.42 Å². The fraction of sp³-hybridized carbons (Fsp3) is 0.765. The van der Waals surface area contributed by atoms with Crippen molar-refractivity contribution in [1.82, 2.24) is 9.97 Å². The Morgan fingerprint density at radius 2 is 1.71 bits per heavy atom. The van der Waals surface area contributed by atoms with Gasteiger partial charge in [-0.15, -0.1) is 0 Å². The molecule has 4 nitrogen and oxygen atoms in total. The van der Waals surface area contributed by atoms with Gasteiger partial charge < -0.3 is 10.6 Å². The highest BCUT2D eigenvalue weighted by molar-refractivity contribution is 5.57. The van der Waals surface area contributed by atoms with E-state index < -0.39 is 0 Å². The van der Waals surface area contributed by atoms with E-state index in [1.54, 1.807) is 6.33 Å². The van der Waals surface area contributed by atoms with Crippen LogP contribution >= 0.6 is 0 Å². The van der Waals surface area contributed by atoms with Gasteiger partial charge in [-0.2, -0.15) is 0 Å². The second-order valence-corrected chi connectivity index (χ2v) is 5.63. The number of hydrogen-bond donors (Lipinski definition) is 2. The van der Waals surface area contributed by atoms with Crippen LogP contribution in [-0.4, -0.2) is 23.1 Å². The summed E-state index contributed by atoms with van der Waals surface area (Å²) >= 11 is 0. The van der Waals surface area contributed by atoms with Gasteiger partial charge in [-0.25, -0.2) is 9.97 Å². The lowest BCUT2D eigenvalue weighted by molar-refractivity contribution is 0.472. The van der Waals surface area contributed by atoms with Gasteiger partial charge in [0.05, 0.1) is 0 Å².